The normalized spacial score (nSPS) is 15.0. The summed E-state index contributed by atoms with van der Waals surface area (Å²) in [4.78, 5) is 4.15. The van der Waals surface area contributed by atoms with E-state index in [1.54, 1.807) is 0 Å². The molecule has 1 aliphatic rings. The molecule has 1 N–H and O–H groups in total. The van der Waals surface area contributed by atoms with Crippen LogP contribution >= 0.6 is 0 Å². The molecule has 2 aromatic rings. The van der Waals surface area contributed by atoms with Crippen molar-refractivity contribution in [3.8, 4) is 11.5 Å². The number of halogens is 2. The molecular formula is C13H12F2N2O. The minimum atomic E-state index is -0.930. The van der Waals surface area contributed by atoms with Crippen LogP contribution in [-0.2, 0) is 6.54 Å². The molecule has 18 heavy (non-hydrogen) atoms. The molecule has 1 aliphatic carbocycles. The Labute approximate surface area is 103 Å². The van der Waals surface area contributed by atoms with Gasteiger partial charge in [-0.1, -0.05) is 6.07 Å². The Morgan fingerprint density at radius 2 is 2.17 bits per heavy atom. The largest absolute Gasteiger partial charge is 0.444 e. The average Bonchev–Trinajstić information content (AvgIpc) is 3.08. The molecule has 1 heterocycles. The van der Waals surface area contributed by atoms with Gasteiger partial charge in [0, 0.05) is 12.6 Å². The highest BCUT2D eigenvalue weighted by Gasteiger charge is 2.21. The van der Waals surface area contributed by atoms with E-state index < -0.39 is 11.6 Å². The van der Waals surface area contributed by atoms with E-state index >= 15 is 0 Å². The Bertz CT molecular complexity index is 564. The van der Waals surface area contributed by atoms with Crippen LogP contribution in [-0.4, -0.2) is 11.0 Å². The molecule has 1 fully saturated rings. The number of oxazole rings is 1. The van der Waals surface area contributed by atoms with Crippen LogP contribution in [0, 0.1) is 11.6 Å². The van der Waals surface area contributed by atoms with E-state index in [1.807, 2.05) is 0 Å². The Balaban J connectivity index is 1.80. The summed E-state index contributed by atoms with van der Waals surface area (Å²) in [5, 5.41) is 3.27. The summed E-state index contributed by atoms with van der Waals surface area (Å²) in [5.74, 6) is -1.72. The minimum Gasteiger partial charge on any atom is -0.444 e. The van der Waals surface area contributed by atoms with Crippen molar-refractivity contribution in [2.24, 2.45) is 0 Å². The van der Waals surface area contributed by atoms with E-state index in [4.69, 9.17) is 4.42 Å². The van der Waals surface area contributed by atoms with Crippen LogP contribution in [0.4, 0.5) is 8.78 Å². The van der Waals surface area contributed by atoms with E-state index in [9.17, 15) is 8.78 Å². The lowest BCUT2D eigenvalue weighted by molar-refractivity contribution is 0.502. The van der Waals surface area contributed by atoms with Gasteiger partial charge in [-0.25, -0.2) is 13.8 Å². The van der Waals surface area contributed by atoms with E-state index in [0.717, 1.165) is 6.07 Å². The second-order valence-electron chi connectivity index (χ2n) is 4.40. The average molecular weight is 250 g/mol. The number of nitrogens with zero attached hydrogens (tertiary/aromatic N) is 1. The van der Waals surface area contributed by atoms with Gasteiger partial charge < -0.3 is 9.73 Å². The zero-order valence-electron chi connectivity index (χ0n) is 9.62. The van der Waals surface area contributed by atoms with Gasteiger partial charge in [0.2, 0.25) is 5.89 Å². The van der Waals surface area contributed by atoms with Gasteiger partial charge in [-0.3, -0.25) is 0 Å². The van der Waals surface area contributed by atoms with Crippen LogP contribution in [0.15, 0.2) is 28.9 Å². The zero-order chi connectivity index (χ0) is 12.5. The monoisotopic (exact) mass is 250 g/mol. The summed E-state index contributed by atoms with van der Waals surface area (Å²) in [6.07, 6.45) is 3.83. The first-order valence-electron chi connectivity index (χ1n) is 5.86. The van der Waals surface area contributed by atoms with Crippen LogP contribution in [0.1, 0.15) is 18.5 Å². The molecule has 0 bridgehead atoms. The van der Waals surface area contributed by atoms with Crippen molar-refractivity contribution in [2.45, 2.75) is 25.4 Å². The fourth-order valence-corrected chi connectivity index (χ4v) is 1.72. The molecular weight excluding hydrogens is 238 g/mol. The molecule has 0 radical (unpaired) electrons. The molecule has 5 heteroatoms. The minimum absolute atomic E-state index is 0.0488. The van der Waals surface area contributed by atoms with Gasteiger partial charge in [-0.05, 0) is 25.0 Å². The summed E-state index contributed by atoms with van der Waals surface area (Å²) < 4.78 is 31.8. The lowest BCUT2D eigenvalue weighted by atomic mass is 10.2. The van der Waals surface area contributed by atoms with Crippen molar-refractivity contribution in [3.63, 3.8) is 0 Å². The Hall–Kier alpha value is -1.75. The zero-order valence-corrected chi connectivity index (χ0v) is 9.62. The van der Waals surface area contributed by atoms with Crippen LogP contribution in [0.3, 0.4) is 0 Å². The predicted octanol–water partition coefficient (Wildman–Crippen LogP) is 2.87. The van der Waals surface area contributed by atoms with E-state index in [2.05, 4.69) is 10.3 Å². The van der Waals surface area contributed by atoms with Gasteiger partial charge in [0.15, 0.2) is 11.6 Å². The number of hydrogen-bond donors (Lipinski definition) is 1. The molecule has 0 spiro atoms. The maximum absolute atomic E-state index is 13.5. The van der Waals surface area contributed by atoms with Crippen LogP contribution in [0.25, 0.3) is 11.5 Å². The first kappa shape index (κ1) is 11.3. The maximum atomic E-state index is 13.5. The van der Waals surface area contributed by atoms with Gasteiger partial charge in [0.25, 0.3) is 0 Å². The van der Waals surface area contributed by atoms with E-state index in [-0.39, 0.29) is 11.5 Å². The maximum Gasteiger partial charge on any atom is 0.229 e. The lowest BCUT2D eigenvalue weighted by Gasteiger charge is -1.98. The Kier molecular flexibility index (Phi) is 2.83. The second kappa shape index (κ2) is 4.49. The van der Waals surface area contributed by atoms with Crippen LogP contribution < -0.4 is 5.32 Å². The molecule has 0 aliphatic heterocycles. The highest BCUT2D eigenvalue weighted by atomic mass is 19.2. The van der Waals surface area contributed by atoms with Gasteiger partial charge in [0.05, 0.1) is 11.3 Å². The number of hydrogen-bond acceptors (Lipinski definition) is 3. The summed E-state index contributed by atoms with van der Waals surface area (Å²) in [6, 6.07) is 4.51. The smallest absolute Gasteiger partial charge is 0.229 e. The first-order chi connectivity index (χ1) is 8.74. The lowest BCUT2D eigenvalue weighted by Crippen LogP contribution is -2.15. The fraction of sp³-hybridized carbons (Fsp3) is 0.308. The van der Waals surface area contributed by atoms with Gasteiger partial charge in [-0.2, -0.15) is 0 Å². The van der Waals surface area contributed by atoms with E-state index in [1.165, 1.54) is 31.2 Å². The third kappa shape index (κ3) is 2.26. The van der Waals surface area contributed by atoms with Crippen molar-refractivity contribution >= 4 is 0 Å². The Morgan fingerprint density at radius 3 is 2.94 bits per heavy atom. The number of rotatable bonds is 4. The first-order valence-corrected chi connectivity index (χ1v) is 5.86. The predicted molar refractivity (Wildman–Crippen MR) is 61.7 cm³/mol. The molecule has 3 rings (SSSR count). The fourth-order valence-electron chi connectivity index (χ4n) is 1.72. The van der Waals surface area contributed by atoms with Crippen molar-refractivity contribution in [1.82, 2.24) is 10.3 Å². The summed E-state index contributed by atoms with van der Waals surface area (Å²) in [6.45, 7) is 0.588. The third-order valence-electron chi connectivity index (χ3n) is 2.88. The van der Waals surface area contributed by atoms with Crippen LogP contribution in [0.5, 0.6) is 0 Å². The van der Waals surface area contributed by atoms with E-state index in [0.29, 0.717) is 18.3 Å². The summed E-state index contributed by atoms with van der Waals surface area (Å²) >= 11 is 0. The molecule has 94 valence electrons. The van der Waals surface area contributed by atoms with Gasteiger partial charge in [0.1, 0.15) is 6.26 Å². The molecule has 0 saturated heterocycles. The molecule has 1 aromatic heterocycles. The van der Waals surface area contributed by atoms with Gasteiger partial charge in [-0.15, -0.1) is 0 Å². The van der Waals surface area contributed by atoms with Crippen molar-refractivity contribution < 1.29 is 13.2 Å². The molecule has 1 aromatic carbocycles. The second-order valence-corrected chi connectivity index (χ2v) is 4.40. The highest BCUT2D eigenvalue weighted by molar-refractivity contribution is 5.54. The quantitative estimate of drug-likeness (QED) is 0.906. The molecule has 0 amide bonds. The molecule has 0 atom stereocenters. The molecule has 1 saturated carbocycles. The number of nitrogens with one attached hydrogen (secondary N) is 1. The summed E-state index contributed by atoms with van der Waals surface area (Å²) in [7, 11) is 0. The Morgan fingerprint density at radius 1 is 1.33 bits per heavy atom. The molecule has 0 unspecified atom stereocenters. The summed E-state index contributed by atoms with van der Waals surface area (Å²) in [5.41, 5.74) is 0.744. The number of aromatic nitrogens is 1. The van der Waals surface area contributed by atoms with Crippen LogP contribution in [0.2, 0.25) is 0 Å². The molecule has 3 nitrogen and oxygen atoms in total. The third-order valence-corrected chi connectivity index (χ3v) is 2.88. The topological polar surface area (TPSA) is 38.1 Å². The van der Waals surface area contributed by atoms with Crippen molar-refractivity contribution in [1.29, 1.82) is 0 Å². The van der Waals surface area contributed by atoms with Crippen molar-refractivity contribution in [2.75, 3.05) is 0 Å². The van der Waals surface area contributed by atoms with Crippen molar-refractivity contribution in [3.05, 3.63) is 41.8 Å². The van der Waals surface area contributed by atoms with Gasteiger partial charge >= 0.3 is 0 Å². The number of benzene rings is 1. The highest BCUT2D eigenvalue weighted by Crippen LogP contribution is 2.24. The SMILES string of the molecule is Fc1cccc(-c2nc(CNC3CC3)co2)c1F. The standard InChI is InChI=1S/C13H12F2N2O/c14-11-3-1-2-10(12(11)15)13-17-9(7-18-13)6-16-8-4-5-8/h1-3,7-8,16H,4-6H2.